The quantitative estimate of drug-likeness (QED) is 0.677. The van der Waals surface area contributed by atoms with Crippen LogP contribution >= 0.6 is 0 Å². The van der Waals surface area contributed by atoms with Crippen LogP contribution in [0, 0.1) is 0 Å². The number of nitrogens with one attached hydrogen (secondary N) is 1. The van der Waals surface area contributed by atoms with Crippen LogP contribution in [0.2, 0.25) is 0 Å². The van der Waals surface area contributed by atoms with E-state index in [-0.39, 0.29) is 18.5 Å². The highest BCUT2D eigenvalue weighted by Gasteiger charge is 2.33. The maximum absolute atomic E-state index is 11.9. The zero-order chi connectivity index (χ0) is 14.5. The Bertz CT molecular complexity index is 327. The Morgan fingerprint density at radius 3 is 2.42 bits per heavy atom. The second kappa shape index (κ2) is 6.75. The number of carboxylic acid groups (broad SMARTS) is 1. The van der Waals surface area contributed by atoms with E-state index in [0.29, 0.717) is 13.0 Å². The third kappa shape index (κ3) is 5.06. The van der Waals surface area contributed by atoms with Crippen molar-refractivity contribution in [1.82, 2.24) is 10.2 Å². The Labute approximate surface area is 113 Å². The number of likely N-dealkylation sites (N-methyl/N-ethyl adjacent to an activating group) is 1. The molecule has 0 aromatic heterocycles. The summed E-state index contributed by atoms with van der Waals surface area (Å²) in [4.78, 5) is 24.0. The highest BCUT2D eigenvalue weighted by molar-refractivity contribution is 5.75. The first kappa shape index (κ1) is 15.8. The van der Waals surface area contributed by atoms with Crippen LogP contribution in [0.4, 0.5) is 4.79 Å². The van der Waals surface area contributed by atoms with Gasteiger partial charge in [0.1, 0.15) is 0 Å². The highest BCUT2D eigenvalue weighted by Crippen LogP contribution is 2.29. The lowest BCUT2D eigenvalue weighted by Gasteiger charge is -2.29. The molecule has 1 fully saturated rings. The fourth-order valence-corrected chi connectivity index (χ4v) is 2.50. The molecule has 3 N–H and O–H groups in total. The van der Waals surface area contributed by atoms with Gasteiger partial charge in [-0.1, -0.05) is 19.8 Å². The molecule has 110 valence electrons. The molecule has 2 amide bonds. The third-order valence-corrected chi connectivity index (χ3v) is 3.65. The Morgan fingerprint density at radius 1 is 1.37 bits per heavy atom. The van der Waals surface area contributed by atoms with E-state index >= 15 is 0 Å². The molecule has 0 radical (unpaired) electrons. The van der Waals surface area contributed by atoms with Gasteiger partial charge >= 0.3 is 12.0 Å². The van der Waals surface area contributed by atoms with Crippen LogP contribution in [-0.4, -0.2) is 52.3 Å². The minimum Gasteiger partial charge on any atom is -0.481 e. The number of urea groups is 1. The zero-order valence-corrected chi connectivity index (χ0v) is 11.7. The second-order valence-electron chi connectivity index (χ2n) is 5.44. The lowest BCUT2D eigenvalue weighted by molar-refractivity contribution is -0.137. The van der Waals surface area contributed by atoms with Gasteiger partial charge in [0.2, 0.25) is 0 Å². The number of hydrogen-bond acceptors (Lipinski definition) is 3. The van der Waals surface area contributed by atoms with Crippen LogP contribution in [-0.2, 0) is 4.79 Å². The summed E-state index contributed by atoms with van der Waals surface area (Å²) in [6.45, 7) is 2.13. The molecule has 1 aliphatic rings. The predicted octanol–water partition coefficient (Wildman–Crippen LogP) is 1.19. The first-order valence-corrected chi connectivity index (χ1v) is 6.82. The van der Waals surface area contributed by atoms with Gasteiger partial charge in [0.15, 0.2) is 0 Å². The monoisotopic (exact) mass is 272 g/mol. The molecule has 1 atom stereocenters. The van der Waals surface area contributed by atoms with Gasteiger partial charge in [-0.3, -0.25) is 4.79 Å². The number of amides is 2. The minimum atomic E-state index is -0.927. The maximum Gasteiger partial charge on any atom is 0.317 e. The van der Waals surface area contributed by atoms with Gasteiger partial charge in [-0.05, 0) is 19.3 Å². The first-order valence-electron chi connectivity index (χ1n) is 6.82. The van der Waals surface area contributed by atoms with Gasteiger partial charge in [-0.2, -0.15) is 0 Å². The van der Waals surface area contributed by atoms with Crippen molar-refractivity contribution in [2.45, 2.75) is 57.1 Å². The van der Waals surface area contributed by atoms with Gasteiger partial charge in [0, 0.05) is 13.1 Å². The number of aliphatic carboxylic acids is 1. The molecule has 0 bridgehead atoms. The molecule has 0 aromatic carbocycles. The van der Waals surface area contributed by atoms with Crippen molar-refractivity contribution in [2.24, 2.45) is 0 Å². The van der Waals surface area contributed by atoms with Crippen molar-refractivity contribution in [3.05, 3.63) is 0 Å². The molecule has 0 heterocycles. The van der Waals surface area contributed by atoms with E-state index in [1.807, 2.05) is 6.92 Å². The van der Waals surface area contributed by atoms with Crippen molar-refractivity contribution < 1.29 is 19.8 Å². The van der Waals surface area contributed by atoms with Gasteiger partial charge < -0.3 is 20.4 Å². The SMILES string of the molecule is CCC(CC(=O)O)NC(=O)N(C)CC1(O)CCCC1. The van der Waals surface area contributed by atoms with E-state index in [1.165, 1.54) is 4.90 Å². The molecule has 1 unspecified atom stereocenters. The highest BCUT2D eigenvalue weighted by atomic mass is 16.4. The molecule has 19 heavy (non-hydrogen) atoms. The number of carboxylic acids is 1. The van der Waals surface area contributed by atoms with Crippen LogP contribution in [0.15, 0.2) is 0 Å². The van der Waals surface area contributed by atoms with E-state index in [9.17, 15) is 14.7 Å². The summed E-state index contributed by atoms with van der Waals surface area (Å²) in [5.74, 6) is -0.927. The Morgan fingerprint density at radius 2 is 1.95 bits per heavy atom. The Balaban J connectivity index is 2.45. The number of aliphatic hydroxyl groups is 1. The summed E-state index contributed by atoms with van der Waals surface area (Å²) in [5.41, 5.74) is -0.777. The van der Waals surface area contributed by atoms with E-state index in [0.717, 1.165) is 25.7 Å². The van der Waals surface area contributed by atoms with Crippen LogP contribution in [0.5, 0.6) is 0 Å². The predicted molar refractivity (Wildman–Crippen MR) is 70.9 cm³/mol. The van der Waals surface area contributed by atoms with Crippen LogP contribution in [0.25, 0.3) is 0 Å². The summed E-state index contributed by atoms with van der Waals surface area (Å²) in [5, 5.41) is 21.6. The zero-order valence-electron chi connectivity index (χ0n) is 11.7. The fraction of sp³-hybridized carbons (Fsp3) is 0.846. The fourth-order valence-electron chi connectivity index (χ4n) is 2.50. The van der Waals surface area contributed by atoms with Crippen molar-refractivity contribution >= 4 is 12.0 Å². The standard InChI is InChI=1S/C13H24N2O4/c1-3-10(8-11(16)17)14-12(18)15(2)9-13(19)6-4-5-7-13/h10,19H,3-9H2,1-2H3,(H,14,18)(H,16,17). The van der Waals surface area contributed by atoms with Crippen LogP contribution < -0.4 is 5.32 Å². The lowest BCUT2D eigenvalue weighted by Crippen LogP contribution is -2.49. The number of nitrogens with zero attached hydrogens (tertiary/aromatic N) is 1. The van der Waals surface area contributed by atoms with Crippen LogP contribution in [0.1, 0.15) is 45.4 Å². The van der Waals surface area contributed by atoms with E-state index in [2.05, 4.69) is 5.32 Å². The summed E-state index contributed by atoms with van der Waals surface area (Å²) >= 11 is 0. The summed E-state index contributed by atoms with van der Waals surface area (Å²) < 4.78 is 0. The van der Waals surface area contributed by atoms with Crippen molar-refractivity contribution in [3.63, 3.8) is 0 Å². The first-order chi connectivity index (χ1) is 8.86. The largest absolute Gasteiger partial charge is 0.481 e. The molecule has 0 aliphatic heterocycles. The normalized spacial score (nSPS) is 18.9. The molecular formula is C13H24N2O4. The smallest absolute Gasteiger partial charge is 0.317 e. The molecule has 6 heteroatoms. The molecule has 0 saturated heterocycles. The molecule has 1 saturated carbocycles. The maximum atomic E-state index is 11.9. The van der Waals surface area contributed by atoms with E-state index in [1.54, 1.807) is 7.05 Å². The summed E-state index contributed by atoms with van der Waals surface area (Å²) in [6, 6.07) is -0.695. The number of hydrogen-bond donors (Lipinski definition) is 3. The third-order valence-electron chi connectivity index (χ3n) is 3.65. The topological polar surface area (TPSA) is 89.9 Å². The molecule has 1 rings (SSSR count). The van der Waals surface area contributed by atoms with Gasteiger partial charge in [0.25, 0.3) is 0 Å². The molecule has 0 spiro atoms. The molecule has 1 aliphatic carbocycles. The number of carbonyl (C=O) groups is 2. The van der Waals surface area contributed by atoms with Gasteiger partial charge in [0.05, 0.1) is 18.6 Å². The molecular weight excluding hydrogens is 248 g/mol. The average molecular weight is 272 g/mol. The Hall–Kier alpha value is -1.30. The van der Waals surface area contributed by atoms with Crippen molar-refractivity contribution in [1.29, 1.82) is 0 Å². The average Bonchev–Trinajstić information content (AvgIpc) is 2.74. The summed E-state index contributed by atoms with van der Waals surface area (Å²) in [7, 11) is 1.62. The van der Waals surface area contributed by atoms with Gasteiger partial charge in [-0.25, -0.2) is 4.79 Å². The van der Waals surface area contributed by atoms with Crippen LogP contribution in [0.3, 0.4) is 0 Å². The minimum absolute atomic E-state index is 0.0830. The number of carbonyl (C=O) groups excluding carboxylic acids is 1. The summed E-state index contributed by atoms with van der Waals surface area (Å²) in [6.07, 6.45) is 3.90. The number of rotatable bonds is 6. The lowest BCUT2D eigenvalue weighted by atomic mass is 10.0. The Kier molecular flexibility index (Phi) is 5.60. The van der Waals surface area contributed by atoms with Gasteiger partial charge in [-0.15, -0.1) is 0 Å². The van der Waals surface area contributed by atoms with Crippen molar-refractivity contribution in [3.8, 4) is 0 Å². The second-order valence-corrected chi connectivity index (χ2v) is 5.44. The van der Waals surface area contributed by atoms with E-state index in [4.69, 9.17) is 5.11 Å². The van der Waals surface area contributed by atoms with E-state index < -0.39 is 11.6 Å². The molecule has 0 aromatic rings. The molecule has 6 nitrogen and oxygen atoms in total. The van der Waals surface area contributed by atoms with Crippen molar-refractivity contribution in [2.75, 3.05) is 13.6 Å².